The summed E-state index contributed by atoms with van der Waals surface area (Å²) < 4.78 is 21.4. The van der Waals surface area contributed by atoms with Gasteiger partial charge in [0.15, 0.2) is 5.79 Å². The Morgan fingerprint density at radius 2 is 1.64 bits per heavy atom. The molecule has 0 amide bonds. The zero-order valence-corrected chi connectivity index (χ0v) is 26.2. The minimum absolute atomic E-state index is 0.000829. The predicted octanol–water partition coefficient (Wildman–Crippen LogP) is 6.61. The molecule has 4 nitrogen and oxygen atoms in total. The molecule has 2 fully saturated rings. The Hall–Kier alpha value is -1.76. The van der Waals surface area contributed by atoms with Gasteiger partial charge in [-0.3, -0.25) is 0 Å². The molecule has 5 atom stereocenters. The van der Waals surface area contributed by atoms with E-state index in [4.69, 9.17) is 13.9 Å². The van der Waals surface area contributed by atoms with Crippen molar-refractivity contribution in [2.24, 2.45) is 11.8 Å². The lowest BCUT2D eigenvalue weighted by molar-refractivity contribution is -0.338. The molecule has 1 N–H and O–H groups in total. The Balaban J connectivity index is 1.76. The number of aliphatic hydroxyl groups is 1. The number of aliphatic hydroxyl groups excluding tert-OH is 1. The maximum absolute atomic E-state index is 9.62. The van der Waals surface area contributed by atoms with E-state index >= 15 is 0 Å². The van der Waals surface area contributed by atoms with E-state index in [2.05, 4.69) is 108 Å². The molecule has 0 saturated carbocycles. The van der Waals surface area contributed by atoms with Crippen LogP contribution >= 0.6 is 0 Å². The van der Waals surface area contributed by atoms with Gasteiger partial charge in [-0.25, -0.2) is 0 Å². The first-order valence-electron chi connectivity index (χ1n) is 14.9. The van der Waals surface area contributed by atoms with Crippen LogP contribution in [0.1, 0.15) is 80.6 Å². The molecule has 0 aromatic heterocycles. The Morgan fingerprint density at radius 1 is 1.05 bits per heavy atom. The minimum atomic E-state index is -2.72. The normalized spacial score (nSPS) is 28.7. The molecule has 0 radical (unpaired) electrons. The summed E-state index contributed by atoms with van der Waals surface area (Å²) in [4.78, 5) is 0. The molecule has 0 bridgehead atoms. The molecule has 0 unspecified atom stereocenters. The molecule has 0 aliphatic carbocycles. The molecule has 2 heterocycles. The molecular weight excluding hydrogens is 500 g/mol. The second-order valence-corrected chi connectivity index (χ2v) is 17.5. The average Bonchev–Trinajstić information content (AvgIpc) is 2.92. The zero-order chi connectivity index (χ0) is 28.3. The van der Waals surface area contributed by atoms with Gasteiger partial charge in [0.05, 0.1) is 24.9 Å². The topological polar surface area (TPSA) is 47.9 Å². The van der Waals surface area contributed by atoms with E-state index in [0.29, 0.717) is 11.8 Å². The molecule has 4 rings (SSSR count). The fourth-order valence-electron chi connectivity index (χ4n) is 6.76. The number of rotatable bonds is 8. The smallest absolute Gasteiger partial charge is 0.261 e. The fourth-order valence-corrected chi connectivity index (χ4v) is 11.5. The van der Waals surface area contributed by atoms with Gasteiger partial charge in [-0.15, -0.1) is 0 Å². The van der Waals surface area contributed by atoms with Crippen molar-refractivity contribution in [2.75, 3.05) is 6.61 Å². The zero-order valence-electron chi connectivity index (χ0n) is 25.2. The van der Waals surface area contributed by atoms with Gasteiger partial charge in [0.1, 0.15) is 0 Å². The molecule has 2 aliphatic rings. The summed E-state index contributed by atoms with van der Waals surface area (Å²) >= 11 is 0. The highest BCUT2D eigenvalue weighted by molar-refractivity contribution is 6.99. The molecule has 2 aromatic carbocycles. The van der Waals surface area contributed by atoms with Crippen LogP contribution in [0.5, 0.6) is 0 Å². The van der Waals surface area contributed by atoms with Crippen molar-refractivity contribution in [2.45, 2.75) is 110 Å². The lowest BCUT2D eigenvalue weighted by atomic mass is 9.83. The molecule has 214 valence electrons. The molecule has 1 spiro atoms. The van der Waals surface area contributed by atoms with E-state index < -0.39 is 14.1 Å². The van der Waals surface area contributed by atoms with Crippen molar-refractivity contribution in [3.8, 4) is 0 Å². The number of hydrogen-bond acceptors (Lipinski definition) is 4. The molecule has 2 aromatic rings. The van der Waals surface area contributed by atoms with Crippen molar-refractivity contribution in [3.63, 3.8) is 0 Å². The van der Waals surface area contributed by atoms with Crippen LogP contribution in [0.4, 0.5) is 0 Å². The van der Waals surface area contributed by atoms with Crippen LogP contribution in [0.2, 0.25) is 5.04 Å². The Bertz CT molecular complexity index is 1040. The standard InChI is InChI=1S/C34H50O4Si/c1-25(2)32-27(4)20-21-34(37-32)23-29(22-28(36-34)19-18-26(3)24-35)38-39(33(5,6)7,30-14-10-8-11-15-30)31-16-12-9-13-17-31/h8-18,25,27-29,32,35H,19-24H2,1-7H3/b26-18+/t27-,28+,29-,32+,34+/m0/s1. The van der Waals surface area contributed by atoms with E-state index in [0.717, 1.165) is 37.7 Å². The van der Waals surface area contributed by atoms with Crippen LogP contribution in [0.3, 0.4) is 0 Å². The lowest BCUT2D eigenvalue weighted by Crippen LogP contribution is -2.69. The third-order valence-electron chi connectivity index (χ3n) is 8.73. The highest BCUT2D eigenvalue weighted by atomic mass is 28.4. The molecule has 5 heteroatoms. The van der Waals surface area contributed by atoms with Gasteiger partial charge in [-0.05, 0) is 53.4 Å². The summed E-state index contributed by atoms with van der Waals surface area (Å²) in [5.41, 5.74) is 0.973. The van der Waals surface area contributed by atoms with Gasteiger partial charge in [0, 0.05) is 12.8 Å². The number of hydrogen-bond donors (Lipinski definition) is 1. The summed E-state index contributed by atoms with van der Waals surface area (Å²) in [7, 11) is -2.72. The van der Waals surface area contributed by atoms with Crippen molar-refractivity contribution in [1.29, 1.82) is 0 Å². The van der Waals surface area contributed by atoms with E-state index in [1.54, 1.807) is 0 Å². The number of ether oxygens (including phenoxy) is 2. The maximum atomic E-state index is 9.62. The summed E-state index contributed by atoms with van der Waals surface area (Å²) in [5.74, 6) is 0.294. The SMILES string of the molecule is C/C(=C\C[C@@H]1C[C@H](O[Si](c2ccccc2)(c2ccccc2)C(C)(C)C)C[C@]2(CC[C@H](C)[C@@H](C(C)C)O2)O1)CO. The molecule has 2 saturated heterocycles. The predicted molar refractivity (Wildman–Crippen MR) is 163 cm³/mol. The Labute approximate surface area is 237 Å². The van der Waals surface area contributed by atoms with Crippen LogP contribution in [0, 0.1) is 11.8 Å². The maximum Gasteiger partial charge on any atom is 0.261 e. The fraction of sp³-hybridized carbons (Fsp3) is 0.588. The van der Waals surface area contributed by atoms with E-state index in [1.807, 2.05) is 6.92 Å². The van der Waals surface area contributed by atoms with Gasteiger partial charge in [0.2, 0.25) is 0 Å². The van der Waals surface area contributed by atoms with Gasteiger partial charge in [-0.1, -0.05) is 114 Å². The van der Waals surface area contributed by atoms with Crippen molar-refractivity contribution >= 4 is 18.7 Å². The largest absolute Gasteiger partial charge is 0.404 e. The molecule has 39 heavy (non-hydrogen) atoms. The van der Waals surface area contributed by atoms with Gasteiger partial charge in [0.25, 0.3) is 8.32 Å². The first-order valence-corrected chi connectivity index (χ1v) is 16.8. The third kappa shape index (κ3) is 6.60. The van der Waals surface area contributed by atoms with Crippen LogP contribution in [-0.4, -0.2) is 44.1 Å². The third-order valence-corrected chi connectivity index (χ3v) is 13.8. The van der Waals surface area contributed by atoms with Gasteiger partial charge < -0.3 is 19.0 Å². The van der Waals surface area contributed by atoms with Crippen molar-refractivity contribution in [1.82, 2.24) is 0 Å². The van der Waals surface area contributed by atoms with Crippen LogP contribution in [-0.2, 0) is 13.9 Å². The average molecular weight is 551 g/mol. The van der Waals surface area contributed by atoms with E-state index in [1.165, 1.54) is 10.4 Å². The minimum Gasteiger partial charge on any atom is -0.404 e. The second-order valence-electron chi connectivity index (χ2n) is 13.3. The van der Waals surface area contributed by atoms with Crippen molar-refractivity contribution < 1.29 is 19.0 Å². The van der Waals surface area contributed by atoms with E-state index in [9.17, 15) is 5.11 Å². The second kappa shape index (κ2) is 12.4. The molecule has 2 aliphatic heterocycles. The summed E-state index contributed by atoms with van der Waals surface area (Å²) in [6.45, 7) is 15.9. The van der Waals surface area contributed by atoms with Crippen LogP contribution in [0.25, 0.3) is 0 Å². The van der Waals surface area contributed by atoms with Crippen molar-refractivity contribution in [3.05, 3.63) is 72.3 Å². The summed E-state index contributed by atoms with van der Waals surface area (Å²) in [6.07, 6.45) is 6.54. The highest BCUT2D eigenvalue weighted by Crippen LogP contribution is 2.46. The van der Waals surface area contributed by atoms with Gasteiger partial charge in [-0.2, -0.15) is 0 Å². The Morgan fingerprint density at radius 3 is 2.15 bits per heavy atom. The summed E-state index contributed by atoms with van der Waals surface area (Å²) in [5, 5.41) is 12.1. The first kappa shape index (κ1) is 30.2. The first-order chi connectivity index (χ1) is 18.5. The summed E-state index contributed by atoms with van der Waals surface area (Å²) in [6, 6.07) is 21.8. The van der Waals surface area contributed by atoms with Crippen LogP contribution < -0.4 is 10.4 Å². The number of benzene rings is 2. The van der Waals surface area contributed by atoms with E-state index in [-0.39, 0.29) is 30.0 Å². The molecular formula is C34H50O4Si. The van der Waals surface area contributed by atoms with Gasteiger partial charge >= 0.3 is 0 Å². The monoisotopic (exact) mass is 550 g/mol. The highest BCUT2D eigenvalue weighted by Gasteiger charge is 2.55. The Kier molecular flexibility index (Phi) is 9.60. The van der Waals surface area contributed by atoms with Crippen LogP contribution in [0.15, 0.2) is 72.3 Å². The quantitative estimate of drug-likeness (QED) is 0.297. The lowest BCUT2D eigenvalue weighted by Gasteiger charge is -2.53.